The van der Waals surface area contributed by atoms with E-state index >= 15 is 0 Å². The molecule has 0 aromatic carbocycles. The number of rotatable bonds is 6. The molecule has 1 aliphatic carbocycles. The zero-order valence-electron chi connectivity index (χ0n) is 10.8. The van der Waals surface area contributed by atoms with Crippen molar-refractivity contribution in [2.45, 2.75) is 46.1 Å². The number of nitrogens with zero attached hydrogens (tertiary/aromatic N) is 2. The number of hydrogen-bond donors (Lipinski definition) is 1. The Bertz CT molecular complexity index is 379. The molecule has 0 bridgehead atoms. The number of anilines is 1. The third-order valence-electron chi connectivity index (χ3n) is 2.90. The van der Waals surface area contributed by atoms with Gasteiger partial charge in [-0.1, -0.05) is 6.92 Å². The molecule has 17 heavy (non-hydrogen) atoms. The SMILES string of the molecule is CCCOCc1nc2c(c(NCC)n1)CCC2. The van der Waals surface area contributed by atoms with E-state index in [1.165, 1.54) is 17.7 Å². The molecule has 1 aromatic heterocycles. The molecular formula is C13H21N3O. The fourth-order valence-corrected chi connectivity index (χ4v) is 2.17. The second-order valence-corrected chi connectivity index (χ2v) is 4.35. The van der Waals surface area contributed by atoms with Crippen LogP contribution in [0.25, 0.3) is 0 Å². The highest BCUT2D eigenvalue weighted by Crippen LogP contribution is 2.26. The largest absolute Gasteiger partial charge is 0.373 e. The van der Waals surface area contributed by atoms with Crippen LogP contribution in [0.3, 0.4) is 0 Å². The lowest BCUT2D eigenvalue weighted by Crippen LogP contribution is -2.09. The third kappa shape index (κ3) is 2.94. The first-order valence-corrected chi connectivity index (χ1v) is 6.55. The van der Waals surface area contributed by atoms with Crippen molar-refractivity contribution >= 4 is 5.82 Å². The molecule has 0 spiro atoms. The predicted octanol–water partition coefficient (Wildman–Crippen LogP) is 2.32. The fraction of sp³-hybridized carbons (Fsp3) is 0.692. The minimum Gasteiger partial charge on any atom is -0.373 e. The summed E-state index contributed by atoms with van der Waals surface area (Å²) in [5.74, 6) is 1.83. The fourth-order valence-electron chi connectivity index (χ4n) is 2.17. The molecule has 94 valence electrons. The molecule has 0 fully saturated rings. The normalized spacial score (nSPS) is 13.8. The second kappa shape index (κ2) is 5.96. The van der Waals surface area contributed by atoms with Crippen LogP contribution in [0.5, 0.6) is 0 Å². The Kier molecular flexibility index (Phi) is 4.31. The van der Waals surface area contributed by atoms with Gasteiger partial charge in [-0.05, 0) is 32.6 Å². The molecule has 0 amide bonds. The van der Waals surface area contributed by atoms with Crippen LogP contribution in [0.2, 0.25) is 0 Å². The number of aromatic nitrogens is 2. The molecule has 1 aromatic rings. The molecule has 1 heterocycles. The van der Waals surface area contributed by atoms with Crippen LogP contribution in [0, 0.1) is 0 Å². The molecule has 2 rings (SSSR count). The minimum absolute atomic E-state index is 0.527. The van der Waals surface area contributed by atoms with Crippen molar-refractivity contribution in [3.05, 3.63) is 17.1 Å². The van der Waals surface area contributed by atoms with Gasteiger partial charge in [-0.3, -0.25) is 0 Å². The first-order chi connectivity index (χ1) is 8.35. The Morgan fingerprint density at radius 1 is 1.24 bits per heavy atom. The quantitative estimate of drug-likeness (QED) is 0.769. The predicted molar refractivity (Wildman–Crippen MR) is 68.2 cm³/mol. The van der Waals surface area contributed by atoms with E-state index in [0.29, 0.717) is 6.61 Å². The average molecular weight is 235 g/mol. The lowest BCUT2D eigenvalue weighted by Gasteiger charge is -2.11. The van der Waals surface area contributed by atoms with E-state index in [2.05, 4.69) is 29.1 Å². The Morgan fingerprint density at radius 3 is 2.88 bits per heavy atom. The Morgan fingerprint density at radius 2 is 2.12 bits per heavy atom. The average Bonchev–Trinajstić information content (AvgIpc) is 2.78. The number of nitrogens with one attached hydrogen (secondary N) is 1. The summed E-state index contributed by atoms with van der Waals surface area (Å²) >= 11 is 0. The van der Waals surface area contributed by atoms with Crippen molar-refractivity contribution in [3.63, 3.8) is 0 Å². The Hall–Kier alpha value is -1.16. The zero-order valence-corrected chi connectivity index (χ0v) is 10.8. The maximum Gasteiger partial charge on any atom is 0.156 e. The molecule has 0 unspecified atom stereocenters. The zero-order chi connectivity index (χ0) is 12.1. The van der Waals surface area contributed by atoms with Gasteiger partial charge in [0.15, 0.2) is 5.82 Å². The van der Waals surface area contributed by atoms with Crippen LogP contribution in [-0.2, 0) is 24.2 Å². The van der Waals surface area contributed by atoms with Gasteiger partial charge in [-0.2, -0.15) is 0 Å². The highest BCUT2D eigenvalue weighted by atomic mass is 16.5. The van der Waals surface area contributed by atoms with Gasteiger partial charge in [0.2, 0.25) is 0 Å². The lowest BCUT2D eigenvalue weighted by atomic mass is 10.2. The van der Waals surface area contributed by atoms with Gasteiger partial charge in [-0.25, -0.2) is 9.97 Å². The van der Waals surface area contributed by atoms with Crippen LogP contribution >= 0.6 is 0 Å². The summed E-state index contributed by atoms with van der Waals surface area (Å²) < 4.78 is 5.51. The van der Waals surface area contributed by atoms with E-state index in [0.717, 1.165) is 44.1 Å². The molecule has 4 nitrogen and oxygen atoms in total. The van der Waals surface area contributed by atoms with Crippen LogP contribution in [0.1, 0.15) is 43.8 Å². The highest BCUT2D eigenvalue weighted by molar-refractivity contribution is 5.48. The first-order valence-electron chi connectivity index (χ1n) is 6.55. The molecule has 4 heteroatoms. The number of ether oxygens (including phenoxy) is 1. The van der Waals surface area contributed by atoms with E-state index in [-0.39, 0.29) is 0 Å². The van der Waals surface area contributed by atoms with Gasteiger partial charge >= 0.3 is 0 Å². The van der Waals surface area contributed by atoms with E-state index in [1.807, 2.05) is 0 Å². The van der Waals surface area contributed by atoms with Crippen LogP contribution in [-0.4, -0.2) is 23.1 Å². The van der Waals surface area contributed by atoms with Gasteiger partial charge in [-0.15, -0.1) is 0 Å². The molecule has 0 saturated heterocycles. The minimum atomic E-state index is 0.527. The van der Waals surface area contributed by atoms with Gasteiger partial charge in [0.25, 0.3) is 0 Å². The maximum atomic E-state index is 5.51. The van der Waals surface area contributed by atoms with Gasteiger partial charge < -0.3 is 10.1 Å². The Balaban J connectivity index is 2.14. The summed E-state index contributed by atoms with van der Waals surface area (Å²) in [6, 6.07) is 0. The second-order valence-electron chi connectivity index (χ2n) is 4.35. The maximum absolute atomic E-state index is 5.51. The van der Waals surface area contributed by atoms with Gasteiger partial charge in [0, 0.05) is 24.4 Å². The molecule has 0 radical (unpaired) electrons. The molecular weight excluding hydrogens is 214 g/mol. The lowest BCUT2D eigenvalue weighted by molar-refractivity contribution is 0.116. The van der Waals surface area contributed by atoms with Crippen molar-refractivity contribution in [1.29, 1.82) is 0 Å². The topological polar surface area (TPSA) is 47.0 Å². The molecule has 0 aliphatic heterocycles. The molecule has 1 N–H and O–H groups in total. The summed E-state index contributed by atoms with van der Waals surface area (Å²) in [6.07, 6.45) is 4.41. The summed E-state index contributed by atoms with van der Waals surface area (Å²) in [4.78, 5) is 9.15. The summed E-state index contributed by atoms with van der Waals surface area (Å²) in [5.41, 5.74) is 2.53. The monoisotopic (exact) mass is 235 g/mol. The third-order valence-corrected chi connectivity index (χ3v) is 2.90. The summed E-state index contributed by atoms with van der Waals surface area (Å²) in [7, 11) is 0. The smallest absolute Gasteiger partial charge is 0.156 e. The van der Waals surface area contributed by atoms with Crippen LogP contribution in [0.4, 0.5) is 5.82 Å². The summed E-state index contributed by atoms with van der Waals surface area (Å²) in [5, 5.41) is 3.33. The van der Waals surface area contributed by atoms with Gasteiger partial charge in [0.1, 0.15) is 12.4 Å². The van der Waals surface area contributed by atoms with Crippen molar-refractivity contribution in [2.75, 3.05) is 18.5 Å². The molecule has 0 atom stereocenters. The van der Waals surface area contributed by atoms with E-state index < -0.39 is 0 Å². The first kappa shape index (κ1) is 12.3. The number of aryl methyl sites for hydroxylation is 1. The highest BCUT2D eigenvalue weighted by Gasteiger charge is 2.18. The van der Waals surface area contributed by atoms with Crippen molar-refractivity contribution in [1.82, 2.24) is 9.97 Å². The number of fused-ring (bicyclic) bond motifs is 1. The number of hydrogen-bond acceptors (Lipinski definition) is 4. The van der Waals surface area contributed by atoms with Crippen molar-refractivity contribution in [2.24, 2.45) is 0 Å². The molecule has 0 saturated carbocycles. The van der Waals surface area contributed by atoms with Crippen molar-refractivity contribution < 1.29 is 4.74 Å². The van der Waals surface area contributed by atoms with Crippen LogP contribution < -0.4 is 5.32 Å². The summed E-state index contributed by atoms with van der Waals surface area (Å²) in [6.45, 7) is 6.40. The van der Waals surface area contributed by atoms with Gasteiger partial charge in [0.05, 0.1) is 0 Å². The van der Waals surface area contributed by atoms with E-state index in [1.54, 1.807) is 0 Å². The van der Waals surface area contributed by atoms with E-state index in [4.69, 9.17) is 4.74 Å². The molecule has 1 aliphatic rings. The van der Waals surface area contributed by atoms with E-state index in [9.17, 15) is 0 Å². The standard InChI is InChI=1S/C13H21N3O/c1-3-8-17-9-12-15-11-7-5-6-10(11)13(16-12)14-4-2/h3-9H2,1-2H3,(H,14,15,16). The Labute approximate surface area is 103 Å². The van der Waals surface area contributed by atoms with Crippen LogP contribution in [0.15, 0.2) is 0 Å². The van der Waals surface area contributed by atoms with Crippen molar-refractivity contribution in [3.8, 4) is 0 Å².